The van der Waals surface area contributed by atoms with Crippen molar-refractivity contribution >= 4 is 28.1 Å². The van der Waals surface area contributed by atoms with Crippen LogP contribution in [0.2, 0.25) is 0 Å². The molecule has 0 radical (unpaired) electrons. The molecule has 2 N–H and O–H groups in total. The summed E-state index contributed by atoms with van der Waals surface area (Å²) in [5, 5.41) is 7.93. The maximum atomic E-state index is 13.8. The summed E-state index contributed by atoms with van der Waals surface area (Å²) in [7, 11) is 0. The number of thiophene rings is 1. The van der Waals surface area contributed by atoms with Gasteiger partial charge in [0.2, 0.25) is 5.91 Å². The Hall–Kier alpha value is -2.14. The number of aryl methyl sites for hydroxylation is 1. The normalized spacial score (nSPS) is 12.5. The summed E-state index contributed by atoms with van der Waals surface area (Å²) >= 11 is 1.66. The van der Waals surface area contributed by atoms with Crippen molar-refractivity contribution in [2.45, 2.75) is 32.7 Å². The van der Waals surface area contributed by atoms with Gasteiger partial charge in [-0.2, -0.15) is 11.3 Å². The molecule has 2 heterocycles. The number of H-pyrrole nitrogens is 1. The highest BCUT2D eigenvalue weighted by Crippen LogP contribution is 2.24. The Morgan fingerprint density at radius 1 is 1.39 bits per heavy atom. The first-order valence-electron chi connectivity index (χ1n) is 7.60. The Labute approximate surface area is 138 Å². The lowest BCUT2D eigenvalue weighted by molar-refractivity contribution is -0.121. The van der Waals surface area contributed by atoms with E-state index in [1.807, 2.05) is 25.3 Å². The number of aromatic amines is 1. The van der Waals surface area contributed by atoms with Gasteiger partial charge in [0.15, 0.2) is 0 Å². The third kappa shape index (κ3) is 3.45. The molecular formula is C18H19FN2OS. The average Bonchev–Trinajstić information content (AvgIpc) is 3.09. The van der Waals surface area contributed by atoms with Crippen molar-refractivity contribution in [3.05, 3.63) is 57.7 Å². The number of nitrogens with one attached hydrogen (secondary N) is 2. The van der Waals surface area contributed by atoms with E-state index in [1.54, 1.807) is 17.4 Å². The van der Waals surface area contributed by atoms with Gasteiger partial charge in [0, 0.05) is 17.1 Å². The maximum absolute atomic E-state index is 13.8. The van der Waals surface area contributed by atoms with Gasteiger partial charge in [0.1, 0.15) is 5.82 Å². The van der Waals surface area contributed by atoms with Crippen molar-refractivity contribution < 1.29 is 9.18 Å². The largest absolute Gasteiger partial charge is 0.356 e. The van der Waals surface area contributed by atoms with Crippen molar-refractivity contribution in [3.8, 4) is 0 Å². The molecule has 0 spiro atoms. The minimum absolute atomic E-state index is 0.0407. The van der Waals surface area contributed by atoms with Gasteiger partial charge in [0.05, 0.1) is 11.9 Å². The Kier molecular flexibility index (Phi) is 4.48. The Morgan fingerprint density at radius 3 is 2.96 bits per heavy atom. The zero-order valence-corrected chi connectivity index (χ0v) is 14.0. The highest BCUT2D eigenvalue weighted by atomic mass is 32.1. The van der Waals surface area contributed by atoms with Crippen LogP contribution < -0.4 is 5.32 Å². The summed E-state index contributed by atoms with van der Waals surface area (Å²) < 4.78 is 13.8. The van der Waals surface area contributed by atoms with Crippen LogP contribution >= 0.6 is 11.3 Å². The van der Waals surface area contributed by atoms with Gasteiger partial charge in [-0.1, -0.05) is 12.1 Å². The van der Waals surface area contributed by atoms with Gasteiger partial charge in [-0.3, -0.25) is 4.79 Å². The van der Waals surface area contributed by atoms with Crippen LogP contribution in [0.5, 0.6) is 0 Å². The minimum atomic E-state index is -0.289. The third-order valence-corrected chi connectivity index (χ3v) is 4.70. The lowest BCUT2D eigenvalue weighted by Gasteiger charge is -2.13. The summed E-state index contributed by atoms with van der Waals surface area (Å²) in [6.45, 7) is 3.87. The van der Waals surface area contributed by atoms with Crippen LogP contribution in [0.1, 0.15) is 23.7 Å². The van der Waals surface area contributed by atoms with Crippen molar-refractivity contribution in [2.75, 3.05) is 0 Å². The van der Waals surface area contributed by atoms with Gasteiger partial charge in [-0.05, 0) is 54.3 Å². The van der Waals surface area contributed by atoms with Crippen molar-refractivity contribution in [3.63, 3.8) is 0 Å². The fourth-order valence-electron chi connectivity index (χ4n) is 2.90. The standard InChI is InChI=1S/C18H19FN2OS/c1-11(8-13-6-7-23-10-13)20-17(22)9-15-12(2)21-18-14(15)4-3-5-16(18)19/h3-7,10-11,21H,8-9H2,1-2H3,(H,20,22). The lowest BCUT2D eigenvalue weighted by atomic mass is 10.1. The van der Waals surface area contributed by atoms with Crippen LogP contribution in [0.25, 0.3) is 10.9 Å². The van der Waals surface area contributed by atoms with Gasteiger partial charge in [-0.25, -0.2) is 4.39 Å². The summed E-state index contributed by atoms with van der Waals surface area (Å²) in [6, 6.07) is 7.08. The summed E-state index contributed by atoms with van der Waals surface area (Å²) in [5.41, 5.74) is 3.40. The fourth-order valence-corrected chi connectivity index (χ4v) is 3.58. The SMILES string of the molecule is Cc1[nH]c2c(F)cccc2c1CC(=O)NC(C)Cc1ccsc1. The van der Waals surface area contributed by atoms with Crippen LogP contribution in [0.4, 0.5) is 4.39 Å². The third-order valence-electron chi connectivity index (χ3n) is 3.97. The molecule has 2 aromatic heterocycles. The molecule has 0 saturated carbocycles. The molecule has 0 fully saturated rings. The van der Waals surface area contributed by atoms with Crippen LogP contribution in [0.15, 0.2) is 35.0 Å². The van der Waals surface area contributed by atoms with Crippen LogP contribution in [0, 0.1) is 12.7 Å². The number of para-hydroxylation sites is 1. The highest BCUT2D eigenvalue weighted by Gasteiger charge is 2.16. The molecular weight excluding hydrogens is 311 g/mol. The molecule has 0 aliphatic rings. The van der Waals surface area contributed by atoms with Gasteiger partial charge in [0.25, 0.3) is 0 Å². The maximum Gasteiger partial charge on any atom is 0.224 e. The molecule has 3 aromatic rings. The molecule has 0 bridgehead atoms. The summed E-state index contributed by atoms with van der Waals surface area (Å²) in [5.74, 6) is -0.330. The number of benzene rings is 1. The molecule has 5 heteroatoms. The van der Waals surface area contributed by atoms with Crippen LogP contribution in [-0.2, 0) is 17.6 Å². The van der Waals surface area contributed by atoms with E-state index in [0.717, 1.165) is 23.1 Å². The van der Waals surface area contributed by atoms with Crippen molar-refractivity contribution in [1.29, 1.82) is 0 Å². The first-order chi connectivity index (χ1) is 11.0. The number of aromatic nitrogens is 1. The first-order valence-corrected chi connectivity index (χ1v) is 8.55. The number of hydrogen-bond acceptors (Lipinski definition) is 2. The Morgan fingerprint density at radius 2 is 2.22 bits per heavy atom. The quantitative estimate of drug-likeness (QED) is 0.730. The number of rotatable bonds is 5. The molecule has 1 amide bonds. The van der Waals surface area contributed by atoms with Gasteiger partial charge in [-0.15, -0.1) is 0 Å². The number of carbonyl (C=O) groups is 1. The number of halogens is 1. The number of carbonyl (C=O) groups excluding carboxylic acids is 1. The summed E-state index contributed by atoms with van der Waals surface area (Å²) in [6.07, 6.45) is 1.07. The smallest absolute Gasteiger partial charge is 0.224 e. The predicted octanol–water partition coefficient (Wildman–Crippen LogP) is 3.97. The van der Waals surface area contributed by atoms with E-state index in [2.05, 4.69) is 21.7 Å². The second-order valence-electron chi connectivity index (χ2n) is 5.87. The van der Waals surface area contributed by atoms with Crippen molar-refractivity contribution in [2.24, 2.45) is 0 Å². The zero-order valence-electron chi connectivity index (χ0n) is 13.2. The predicted molar refractivity (Wildman–Crippen MR) is 92.3 cm³/mol. The molecule has 0 aliphatic carbocycles. The van der Waals surface area contributed by atoms with E-state index < -0.39 is 0 Å². The van der Waals surface area contributed by atoms with Gasteiger partial charge >= 0.3 is 0 Å². The molecule has 1 atom stereocenters. The zero-order chi connectivity index (χ0) is 16.4. The van der Waals surface area contributed by atoms with E-state index in [1.165, 1.54) is 11.6 Å². The van der Waals surface area contributed by atoms with Gasteiger partial charge < -0.3 is 10.3 Å². The minimum Gasteiger partial charge on any atom is -0.356 e. The molecule has 3 nitrogen and oxygen atoms in total. The fraction of sp³-hybridized carbons (Fsp3) is 0.278. The monoisotopic (exact) mass is 330 g/mol. The molecule has 1 aromatic carbocycles. The second-order valence-corrected chi connectivity index (χ2v) is 6.65. The number of amides is 1. The number of fused-ring (bicyclic) bond motifs is 1. The number of hydrogen-bond donors (Lipinski definition) is 2. The van der Waals surface area contributed by atoms with E-state index in [0.29, 0.717) is 5.52 Å². The van der Waals surface area contributed by atoms with E-state index in [-0.39, 0.29) is 24.2 Å². The topological polar surface area (TPSA) is 44.9 Å². The Bertz CT molecular complexity index is 823. The average molecular weight is 330 g/mol. The van der Waals surface area contributed by atoms with E-state index >= 15 is 0 Å². The first kappa shape index (κ1) is 15.7. The molecule has 120 valence electrons. The molecule has 0 aliphatic heterocycles. The van der Waals surface area contributed by atoms with E-state index in [4.69, 9.17) is 0 Å². The molecule has 1 unspecified atom stereocenters. The Balaban J connectivity index is 1.70. The van der Waals surface area contributed by atoms with Crippen molar-refractivity contribution in [1.82, 2.24) is 10.3 Å². The van der Waals surface area contributed by atoms with E-state index in [9.17, 15) is 9.18 Å². The summed E-state index contributed by atoms with van der Waals surface area (Å²) in [4.78, 5) is 15.4. The molecule has 0 saturated heterocycles. The van der Waals surface area contributed by atoms with Crippen LogP contribution in [-0.4, -0.2) is 16.9 Å². The van der Waals surface area contributed by atoms with Crippen LogP contribution in [0.3, 0.4) is 0 Å². The second kappa shape index (κ2) is 6.54. The molecule has 23 heavy (non-hydrogen) atoms. The lowest BCUT2D eigenvalue weighted by Crippen LogP contribution is -2.35. The molecule has 3 rings (SSSR count). The highest BCUT2D eigenvalue weighted by molar-refractivity contribution is 7.07.